The van der Waals surface area contributed by atoms with Crippen molar-refractivity contribution in [3.05, 3.63) is 47.7 Å². The molecule has 0 bridgehead atoms. The van der Waals surface area contributed by atoms with Crippen LogP contribution in [-0.4, -0.2) is 55.5 Å². The van der Waals surface area contributed by atoms with Crippen molar-refractivity contribution in [1.82, 2.24) is 10.2 Å². The Bertz CT molecular complexity index is 740. The predicted octanol–water partition coefficient (Wildman–Crippen LogP) is 1.35. The summed E-state index contributed by atoms with van der Waals surface area (Å²) in [5, 5.41) is 10.8. The average molecular weight is 342 g/mol. The molecule has 130 valence electrons. The number of nitrogens with zero attached hydrogens (tertiary/aromatic N) is 3. The SMILES string of the molecule is COC(=O)c1ccc(NC(=O)c2ccc(N3CCOCC3)nn2)cc1. The third-order valence-corrected chi connectivity index (χ3v) is 3.78. The number of aromatic nitrogens is 2. The third kappa shape index (κ3) is 4.10. The summed E-state index contributed by atoms with van der Waals surface area (Å²) in [7, 11) is 1.32. The molecule has 1 amide bonds. The van der Waals surface area contributed by atoms with Gasteiger partial charge in [-0.2, -0.15) is 0 Å². The van der Waals surface area contributed by atoms with Crippen LogP contribution in [0, 0.1) is 0 Å². The van der Waals surface area contributed by atoms with Crippen LogP contribution in [0.15, 0.2) is 36.4 Å². The van der Waals surface area contributed by atoms with Gasteiger partial charge in [0.2, 0.25) is 0 Å². The molecule has 1 aliphatic heterocycles. The molecule has 3 rings (SSSR count). The van der Waals surface area contributed by atoms with Crippen molar-refractivity contribution in [2.24, 2.45) is 0 Å². The Morgan fingerprint density at radius 2 is 1.80 bits per heavy atom. The first kappa shape index (κ1) is 16.8. The number of nitrogens with one attached hydrogen (secondary N) is 1. The van der Waals surface area contributed by atoms with Gasteiger partial charge in [0.1, 0.15) is 0 Å². The normalized spacial score (nSPS) is 14.0. The van der Waals surface area contributed by atoms with Crippen molar-refractivity contribution in [2.45, 2.75) is 0 Å². The van der Waals surface area contributed by atoms with Crippen molar-refractivity contribution in [1.29, 1.82) is 0 Å². The lowest BCUT2D eigenvalue weighted by atomic mass is 10.2. The van der Waals surface area contributed by atoms with Gasteiger partial charge in [-0.15, -0.1) is 10.2 Å². The molecule has 8 heteroatoms. The molecule has 0 unspecified atom stereocenters. The van der Waals surface area contributed by atoms with E-state index in [1.807, 2.05) is 0 Å². The highest BCUT2D eigenvalue weighted by atomic mass is 16.5. The van der Waals surface area contributed by atoms with Crippen molar-refractivity contribution in [3.63, 3.8) is 0 Å². The predicted molar refractivity (Wildman–Crippen MR) is 90.8 cm³/mol. The van der Waals surface area contributed by atoms with E-state index in [1.165, 1.54) is 7.11 Å². The number of morpholine rings is 1. The van der Waals surface area contributed by atoms with E-state index in [9.17, 15) is 9.59 Å². The van der Waals surface area contributed by atoms with Crippen LogP contribution >= 0.6 is 0 Å². The number of benzene rings is 1. The van der Waals surface area contributed by atoms with E-state index in [2.05, 4.69) is 25.2 Å². The van der Waals surface area contributed by atoms with Gasteiger partial charge < -0.3 is 19.7 Å². The Labute approximate surface area is 144 Å². The Hall–Kier alpha value is -3.00. The number of hydrogen-bond donors (Lipinski definition) is 1. The van der Waals surface area contributed by atoms with Gasteiger partial charge in [-0.05, 0) is 36.4 Å². The van der Waals surface area contributed by atoms with Crippen LogP contribution < -0.4 is 10.2 Å². The molecule has 0 atom stereocenters. The number of ether oxygens (including phenoxy) is 2. The Morgan fingerprint density at radius 1 is 1.08 bits per heavy atom. The zero-order valence-corrected chi connectivity index (χ0v) is 13.8. The highest BCUT2D eigenvalue weighted by molar-refractivity contribution is 6.03. The van der Waals surface area contributed by atoms with Crippen molar-refractivity contribution in [2.75, 3.05) is 43.6 Å². The standard InChI is InChI=1S/C17H18N4O4/c1-24-17(23)12-2-4-13(5-3-12)18-16(22)14-6-7-15(20-19-14)21-8-10-25-11-9-21/h2-7H,8-11H2,1H3,(H,18,22). The van der Waals surface area contributed by atoms with Crippen molar-refractivity contribution in [3.8, 4) is 0 Å². The summed E-state index contributed by atoms with van der Waals surface area (Å²) in [6.07, 6.45) is 0. The number of carbonyl (C=O) groups is 2. The lowest BCUT2D eigenvalue weighted by Crippen LogP contribution is -2.37. The number of anilines is 2. The molecule has 0 saturated carbocycles. The van der Waals surface area contributed by atoms with E-state index in [0.717, 1.165) is 18.9 Å². The Morgan fingerprint density at radius 3 is 2.40 bits per heavy atom. The Kier molecular flexibility index (Phi) is 5.20. The monoisotopic (exact) mass is 342 g/mol. The van der Waals surface area contributed by atoms with E-state index >= 15 is 0 Å². The summed E-state index contributed by atoms with van der Waals surface area (Å²) in [4.78, 5) is 25.7. The molecule has 1 aliphatic rings. The molecule has 1 aromatic carbocycles. The molecule has 1 saturated heterocycles. The molecule has 0 spiro atoms. The van der Waals surface area contributed by atoms with E-state index in [-0.39, 0.29) is 11.6 Å². The fourth-order valence-electron chi connectivity index (χ4n) is 2.41. The van der Waals surface area contributed by atoms with Gasteiger partial charge in [0, 0.05) is 18.8 Å². The van der Waals surface area contributed by atoms with Crippen LogP contribution in [0.3, 0.4) is 0 Å². The van der Waals surface area contributed by atoms with Gasteiger partial charge in [0.15, 0.2) is 11.5 Å². The van der Waals surface area contributed by atoms with Crippen LogP contribution in [0.2, 0.25) is 0 Å². The van der Waals surface area contributed by atoms with Crippen LogP contribution in [0.4, 0.5) is 11.5 Å². The molecule has 1 fully saturated rings. The first-order valence-electron chi connectivity index (χ1n) is 7.83. The summed E-state index contributed by atoms with van der Waals surface area (Å²) in [5.74, 6) is -0.0726. The lowest BCUT2D eigenvalue weighted by Gasteiger charge is -2.27. The van der Waals surface area contributed by atoms with Crippen LogP contribution in [0.25, 0.3) is 0 Å². The molecule has 2 heterocycles. The lowest BCUT2D eigenvalue weighted by molar-refractivity contribution is 0.0600. The van der Waals surface area contributed by atoms with E-state index in [4.69, 9.17) is 4.74 Å². The molecule has 0 aliphatic carbocycles. The summed E-state index contributed by atoms with van der Waals surface area (Å²) in [6, 6.07) is 9.81. The zero-order valence-electron chi connectivity index (χ0n) is 13.8. The number of methoxy groups -OCH3 is 1. The maximum absolute atomic E-state index is 12.2. The summed E-state index contributed by atoms with van der Waals surface area (Å²) < 4.78 is 9.93. The van der Waals surface area contributed by atoms with Crippen molar-refractivity contribution >= 4 is 23.4 Å². The summed E-state index contributed by atoms with van der Waals surface area (Å²) >= 11 is 0. The molecule has 8 nitrogen and oxygen atoms in total. The number of esters is 1. The van der Waals surface area contributed by atoms with E-state index in [1.54, 1.807) is 36.4 Å². The van der Waals surface area contributed by atoms with Gasteiger partial charge >= 0.3 is 5.97 Å². The zero-order chi connectivity index (χ0) is 17.6. The summed E-state index contributed by atoms with van der Waals surface area (Å²) in [6.45, 7) is 2.83. The molecule has 1 N–H and O–H groups in total. The average Bonchev–Trinajstić information content (AvgIpc) is 2.68. The largest absolute Gasteiger partial charge is 0.465 e. The van der Waals surface area contributed by atoms with Crippen LogP contribution in [0.5, 0.6) is 0 Å². The molecule has 0 radical (unpaired) electrons. The smallest absolute Gasteiger partial charge is 0.337 e. The molecule has 2 aromatic rings. The van der Waals surface area contributed by atoms with Gasteiger partial charge in [0.25, 0.3) is 5.91 Å². The second-order valence-electron chi connectivity index (χ2n) is 5.40. The van der Waals surface area contributed by atoms with Crippen LogP contribution in [0.1, 0.15) is 20.8 Å². The molecule has 25 heavy (non-hydrogen) atoms. The highest BCUT2D eigenvalue weighted by Gasteiger charge is 2.15. The number of amides is 1. The minimum atomic E-state index is -0.428. The minimum absolute atomic E-state index is 0.217. The van der Waals surface area contributed by atoms with Gasteiger partial charge in [-0.3, -0.25) is 4.79 Å². The summed E-state index contributed by atoms with van der Waals surface area (Å²) in [5.41, 5.74) is 1.18. The van der Waals surface area contributed by atoms with E-state index < -0.39 is 5.97 Å². The maximum Gasteiger partial charge on any atom is 0.337 e. The minimum Gasteiger partial charge on any atom is -0.465 e. The molecular formula is C17H18N4O4. The fraction of sp³-hybridized carbons (Fsp3) is 0.294. The second kappa shape index (κ2) is 7.71. The number of hydrogen-bond acceptors (Lipinski definition) is 7. The second-order valence-corrected chi connectivity index (χ2v) is 5.40. The Balaban J connectivity index is 1.63. The number of carbonyl (C=O) groups excluding carboxylic acids is 2. The quantitative estimate of drug-likeness (QED) is 0.838. The van der Waals surface area contributed by atoms with E-state index in [0.29, 0.717) is 24.5 Å². The van der Waals surface area contributed by atoms with Gasteiger partial charge in [0.05, 0.1) is 25.9 Å². The molecule has 1 aromatic heterocycles. The first-order valence-corrected chi connectivity index (χ1v) is 7.83. The molecular weight excluding hydrogens is 324 g/mol. The first-order chi connectivity index (χ1) is 12.2. The van der Waals surface area contributed by atoms with Gasteiger partial charge in [-0.25, -0.2) is 4.79 Å². The maximum atomic E-state index is 12.2. The number of rotatable bonds is 4. The third-order valence-electron chi connectivity index (χ3n) is 3.78. The highest BCUT2D eigenvalue weighted by Crippen LogP contribution is 2.14. The van der Waals surface area contributed by atoms with Gasteiger partial charge in [-0.1, -0.05) is 0 Å². The fourth-order valence-corrected chi connectivity index (χ4v) is 2.41. The topological polar surface area (TPSA) is 93.7 Å². The van der Waals surface area contributed by atoms with Crippen molar-refractivity contribution < 1.29 is 19.1 Å². The van der Waals surface area contributed by atoms with Crippen LogP contribution in [-0.2, 0) is 9.47 Å².